The predicted octanol–water partition coefficient (Wildman–Crippen LogP) is 4.02. The summed E-state index contributed by atoms with van der Waals surface area (Å²) in [6, 6.07) is 14.3. The summed E-state index contributed by atoms with van der Waals surface area (Å²) in [5.74, 6) is 1.34. The number of hydrogen-bond donors (Lipinski definition) is 1. The van der Waals surface area contributed by atoms with Crippen molar-refractivity contribution in [3.63, 3.8) is 0 Å². The molecule has 0 saturated carbocycles. The Labute approximate surface area is 123 Å². The summed E-state index contributed by atoms with van der Waals surface area (Å²) in [6.07, 6.45) is 0. The van der Waals surface area contributed by atoms with E-state index in [1.54, 1.807) is 17.8 Å². The Morgan fingerprint density at radius 3 is 2.60 bits per heavy atom. The number of thioether (sulfide) groups is 1. The van der Waals surface area contributed by atoms with Gasteiger partial charge in [-0.1, -0.05) is 18.2 Å². The Kier molecular flexibility index (Phi) is 5.44. The third kappa shape index (κ3) is 4.25. The molecule has 0 heterocycles. The molecule has 0 fully saturated rings. The van der Waals surface area contributed by atoms with Gasteiger partial charge in [0.25, 0.3) is 0 Å². The zero-order valence-electron chi connectivity index (χ0n) is 11.4. The summed E-state index contributed by atoms with van der Waals surface area (Å²) >= 11 is 1.56. The molecule has 2 nitrogen and oxygen atoms in total. The lowest BCUT2D eigenvalue weighted by Crippen LogP contribution is -2.12. The number of nitrogens with two attached hydrogens (primary N) is 1. The van der Waals surface area contributed by atoms with Crippen LogP contribution in [0.5, 0.6) is 5.75 Å². The second-order valence-electron chi connectivity index (χ2n) is 4.38. The lowest BCUT2D eigenvalue weighted by molar-refractivity contribution is 0.340. The van der Waals surface area contributed by atoms with Crippen LogP contribution >= 0.6 is 11.8 Å². The molecule has 2 N–H and O–H groups in total. The molecular weight excluding hydrogens is 273 g/mol. The Bertz CT molecular complexity index is 544. The van der Waals surface area contributed by atoms with Gasteiger partial charge in [0.15, 0.2) is 0 Å². The first-order chi connectivity index (χ1) is 9.69. The maximum Gasteiger partial charge on any atom is 0.124 e. The molecule has 0 aliphatic carbocycles. The standard InChI is InChI=1S/C16H18FNOS/c1-2-19-14-8-6-12(7-9-14)16(18)11-20-15-5-3-4-13(17)10-15/h3-10,16H,2,11,18H2,1H3. The van der Waals surface area contributed by atoms with Gasteiger partial charge in [-0.3, -0.25) is 0 Å². The highest BCUT2D eigenvalue weighted by Crippen LogP contribution is 2.25. The van der Waals surface area contributed by atoms with E-state index in [9.17, 15) is 4.39 Å². The third-order valence-corrected chi connectivity index (χ3v) is 3.96. The molecule has 1 unspecified atom stereocenters. The molecule has 20 heavy (non-hydrogen) atoms. The third-order valence-electron chi connectivity index (χ3n) is 2.84. The highest BCUT2D eigenvalue weighted by atomic mass is 32.2. The van der Waals surface area contributed by atoms with E-state index in [4.69, 9.17) is 10.5 Å². The molecule has 4 heteroatoms. The first kappa shape index (κ1) is 14.9. The van der Waals surface area contributed by atoms with Crippen LogP contribution in [0.15, 0.2) is 53.4 Å². The van der Waals surface area contributed by atoms with Crippen molar-refractivity contribution >= 4 is 11.8 Å². The fourth-order valence-electron chi connectivity index (χ4n) is 1.82. The highest BCUT2D eigenvalue weighted by molar-refractivity contribution is 7.99. The molecule has 0 aliphatic rings. The summed E-state index contributed by atoms with van der Waals surface area (Å²) in [4.78, 5) is 0.895. The van der Waals surface area contributed by atoms with Gasteiger partial charge in [0, 0.05) is 16.7 Å². The minimum atomic E-state index is -0.218. The van der Waals surface area contributed by atoms with Crippen LogP contribution in [0.25, 0.3) is 0 Å². The molecule has 0 amide bonds. The molecule has 0 bridgehead atoms. The molecule has 2 rings (SSSR count). The van der Waals surface area contributed by atoms with Gasteiger partial charge in [-0.15, -0.1) is 11.8 Å². The molecule has 0 spiro atoms. The Balaban J connectivity index is 1.92. The average Bonchev–Trinajstić information content (AvgIpc) is 2.46. The molecule has 2 aromatic carbocycles. The van der Waals surface area contributed by atoms with Gasteiger partial charge in [0.2, 0.25) is 0 Å². The molecule has 2 aromatic rings. The van der Waals surface area contributed by atoms with Gasteiger partial charge in [0.1, 0.15) is 11.6 Å². The van der Waals surface area contributed by atoms with Gasteiger partial charge in [-0.25, -0.2) is 4.39 Å². The van der Waals surface area contributed by atoms with Crippen molar-refractivity contribution in [2.45, 2.75) is 17.9 Å². The van der Waals surface area contributed by atoms with E-state index in [0.717, 1.165) is 16.2 Å². The molecule has 0 aliphatic heterocycles. The molecule has 1 atom stereocenters. The van der Waals surface area contributed by atoms with E-state index >= 15 is 0 Å². The molecule has 0 radical (unpaired) electrons. The van der Waals surface area contributed by atoms with Gasteiger partial charge >= 0.3 is 0 Å². The van der Waals surface area contributed by atoms with E-state index in [1.165, 1.54) is 12.1 Å². The first-order valence-electron chi connectivity index (χ1n) is 6.55. The molecular formula is C16H18FNOS. The second kappa shape index (κ2) is 7.31. The van der Waals surface area contributed by atoms with Crippen molar-refractivity contribution in [2.24, 2.45) is 5.73 Å². The van der Waals surface area contributed by atoms with Crippen LogP contribution in [-0.4, -0.2) is 12.4 Å². The fraction of sp³-hybridized carbons (Fsp3) is 0.250. The van der Waals surface area contributed by atoms with Crippen LogP contribution in [-0.2, 0) is 0 Å². The summed E-state index contributed by atoms with van der Waals surface area (Å²) in [5.41, 5.74) is 7.20. The molecule has 0 saturated heterocycles. The van der Waals surface area contributed by atoms with Crippen LogP contribution in [0.4, 0.5) is 4.39 Å². The molecule has 106 valence electrons. The van der Waals surface area contributed by atoms with Gasteiger partial charge in [0.05, 0.1) is 6.61 Å². The minimum absolute atomic E-state index is 0.0843. The van der Waals surface area contributed by atoms with Crippen LogP contribution < -0.4 is 10.5 Å². The Morgan fingerprint density at radius 2 is 1.95 bits per heavy atom. The van der Waals surface area contributed by atoms with Crippen molar-refractivity contribution in [1.82, 2.24) is 0 Å². The summed E-state index contributed by atoms with van der Waals surface area (Å²) < 4.78 is 18.5. The monoisotopic (exact) mass is 291 g/mol. The van der Waals surface area contributed by atoms with Crippen LogP contribution in [0, 0.1) is 5.82 Å². The summed E-state index contributed by atoms with van der Waals surface area (Å²) in [7, 11) is 0. The van der Waals surface area contributed by atoms with Crippen molar-refractivity contribution in [3.8, 4) is 5.75 Å². The zero-order chi connectivity index (χ0) is 14.4. The average molecular weight is 291 g/mol. The smallest absolute Gasteiger partial charge is 0.124 e. The quantitative estimate of drug-likeness (QED) is 0.817. The van der Waals surface area contributed by atoms with Gasteiger partial charge in [-0.2, -0.15) is 0 Å². The Morgan fingerprint density at radius 1 is 1.20 bits per heavy atom. The van der Waals surface area contributed by atoms with Crippen molar-refractivity contribution in [2.75, 3.05) is 12.4 Å². The number of halogens is 1. The number of rotatable bonds is 6. The maximum absolute atomic E-state index is 13.1. The SMILES string of the molecule is CCOc1ccc(C(N)CSc2cccc(F)c2)cc1. The zero-order valence-corrected chi connectivity index (χ0v) is 12.2. The maximum atomic E-state index is 13.1. The minimum Gasteiger partial charge on any atom is -0.494 e. The van der Waals surface area contributed by atoms with Crippen LogP contribution in [0.3, 0.4) is 0 Å². The van der Waals surface area contributed by atoms with Crippen molar-refractivity contribution in [3.05, 3.63) is 59.9 Å². The normalized spacial score (nSPS) is 12.2. The van der Waals surface area contributed by atoms with E-state index in [1.807, 2.05) is 37.3 Å². The summed E-state index contributed by atoms with van der Waals surface area (Å²) in [6.45, 7) is 2.61. The Hall–Kier alpha value is -1.52. The summed E-state index contributed by atoms with van der Waals surface area (Å²) in [5, 5.41) is 0. The van der Waals surface area contributed by atoms with Gasteiger partial charge < -0.3 is 10.5 Å². The van der Waals surface area contributed by atoms with E-state index in [0.29, 0.717) is 12.4 Å². The largest absolute Gasteiger partial charge is 0.494 e. The molecule has 0 aromatic heterocycles. The van der Waals surface area contributed by atoms with E-state index in [-0.39, 0.29) is 11.9 Å². The lowest BCUT2D eigenvalue weighted by Gasteiger charge is -2.12. The van der Waals surface area contributed by atoms with Crippen molar-refractivity contribution in [1.29, 1.82) is 0 Å². The topological polar surface area (TPSA) is 35.2 Å². The lowest BCUT2D eigenvalue weighted by atomic mass is 10.1. The predicted molar refractivity (Wildman–Crippen MR) is 81.7 cm³/mol. The van der Waals surface area contributed by atoms with E-state index < -0.39 is 0 Å². The number of ether oxygens (including phenoxy) is 1. The van der Waals surface area contributed by atoms with E-state index in [2.05, 4.69) is 0 Å². The number of hydrogen-bond acceptors (Lipinski definition) is 3. The fourth-order valence-corrected chi connectivity index (χ4v) is 2.75. The van der Waals surface area contributed by atoms with Crippen molar-refractivity contribution < 1.29 is 9.13 Å². The van der Waals surface area contributed by atoms with Gasteiger partial charge in [-0.05, 0) is 42.8 Å². The van der Waals surface area contributed by atoms with Crippen LogP contribution in [0.1, 0.15) is 18.5 Å². The first-order valence-corrected chi connectivity index (χ1v) is 7.54. The second-order valence-corrected chi connectivity index (χ2v) is 5.47. The van der Waals surface area contributed by atoms with Crippen LogP contribution in [0.2, 0.25) is 0 Å². The number of benzene rings is 2. The highest BCUT2D eigenvalue weighted by Gasteiger charge is 2.07.